The van der Waals surface area contributed by atoms with Crippen molar-refractivity contribution in [2.45, 2.75) is 32.8 Å². The lowest BCUT2D eigenvalue weighted by Crippen LogP contribution is -2.33. The van der Waals surface area contributed by atoms with Crippen LogP contribution >= 0.6 is 0 Å². The van der Waals surface area contributed by atoms with Crippen LogP contribution < -0.4 is 4.74 Å². The first kappa shape index (κ1) is 13.3. The smallest absolute Gasteiger partial charge is 0.128 e. The molecule has 0 aromatic carbocycles. The standard InChI is InChI=1S/C14H21NO3/c1-9-7-15-12(10(2)14(9)17-3)6-11-8-18-5-4-13(11)16/h7,11,13,16H,4-6,8H2,1-3H3. The lowest BCUT2D eigenvalue weighted by atomic mass is 9.92. The molecule has 0 bridgehead atoms. The summed E-state index contributed by atoms with van der Waals surface area (Å²) in [6.45, 7) is 5.27. The first-order chi connectivity index (χ1) is 8.63. The van der Waals surface area contributed by atoms with Crippen molar-refractivity contribution >= 4 is 0 Å². The topological polar surface area (TPSA) is 51.6 Å². The lowest BCUT2D eigenvalue weighted by Gasteiger charge is -2.28. The Bertz CT molecular complexity index is 420. The summed E-state index contributed by atoms with van der Waals surface area (Å²) >= 11 is 0. The maximum Gasteiger partial charge on any atom is 0.128 e. The molecule has 2 rings (SSSR count). The third kappa shape index (κ3) is 2.65. The predicted molar refractivity (Wildman–Crippen MR) is 68.9 cm³/mol. The number of pyridine rings is 1. The molecule has 2 atom stereocenters. The summed E-state index contributed by atoms with van der Waals surface area (Å²) < 4.78 is 10.8. The van der Waals surface area contributed by atoms with Crippen molar-refractivity contribution in [1.82, 2.24) is 4.98 Å². The van der Waals surface area contributed by atoms with E-state index in [1.807, 2.05) is 20.0 Å². The summed E-state index contributed by atoms with van der Waals surface area (Å²) in [5, 5.41) is 9.96. The molecule has 1 saturated heterocycles. The Morgan fingerprint density at radius 3 is 2.94 bits per heavy atom. The Hall–Kier alpha value is -1.13. The Labute approximate surface area is 108 Å². The molecule has 0 amide bonds. The van der Waals surface area contributed by atoms with E-state index < -0.39 is 0 Å². The van der Waals surface area contributed by atoms with Crippen LogP contribution in [0.15, 0.2) is 6.20 Å². The van der Waals surface area contributed by atoms with Crippen molar-refractivity contribution in [2.24, 2.45) is 5.92 Å². The van der Waals surface area contributed by atoms with Gasteiger partial charge in [0.15, 0.2) is 0 Å². The van der Waals surface area contributed by atoms with Crippen molar-refractivity contribution in [3.05, 3.63) is 23.0 Å². The van der Waals surface area contributed by atoms with Gasteiger partial charge in [-0.2, -0.15) is 0 Å². The third-order valence-electron chi connectivity index (χ3n) is 3.64. The van der Waals surface area contributed by atoms with Gasteiger partial charge in [-0.05, 0) is 26.7 Å². The number of hydrogen-bond acceptors (Lipinski definition) is 4. The molecule has 2 heterocycles. The maximum atomic E-state index is 9.96. The fourth-order valence-electron chi connectivity index (χ4n) is 2.51. The summed E-state index contributed by atoms with van der Waals surface area (Å²) in [5.41, 5.74) is 3.10. The van der Waals surface area contributed by atoms with Crippen LogP contribution in [0.25, 0.3) is 0 Å². The summed E-state index contributed by atoms with van der Waals surface area (Å²) in [6.07, 6.45) is 3.00. The van der Waals surface area contributed by atoms with Gasteiger partial charge in [0.05, 0.1) is 19.8 Å². The molecule has 0 saturated carbocycles. The highest BCUT2D eigenvalue weighted by molar-refractivity contribution is 5.41. The van der Waals surface area contributed by atoms with Gasteiger partial charge in [0.1, 0.15) is 5.75 Å². The Morgan fingerprint density at radius 2 is 2.28 bits per heavy atom. The fraction of sp³-hybridized carbons (Fsp3) is 0.643. The number of aryl methyl sites for hydroxylation is 1. The average molecular weight is 251 g/mol. The van der Waals surface area contributed by atoms with Gasteiger partial charge in [-0.1, -0.05) is 0 Å². The van der Waals surface area contributed by atoms with Gasteiger partial charge in [0.2, 0.25) is 0 Å². The van der Waals surface area contributed by atoms with Crippen molar-refractivity contribution < 1.29 is 14.6 Å². The van der Waals surface area contributed by atoms with Crippen LogP contribution in [0.1, 0.15) is 23.2 Å². The molecule has 2 unspecified atom stereocenters. The van der Waals surface area contributed by atoms with Crippen LogP contribution in [-0.2, 0) is 11.2 Å². The number of methoxy groups -OCH3 is 1. The van der Waals surface area contributed by atoms with Crippen molar-refractivity contribution in [3.8, 4) is 5.75 Å². The van der Waals surface area contributed by atoms with E-state index in [1.165, 1.54) is 0 Å². The first-order valence-corrected chi connectivity index (χ1v) is 6.38. The molecule has 1 aliphatic rings. The molecule has 18 heavy (non-hydrogen) atoms. The number of aromatic nitrogens is 1. The molecule has 1 N–H and O–H groups in total. The normalized spacial score (nSPS) is 24.0. The summed E-state index contributed by atoms with van der Waals surface area (Å²) in [6, 6.07) is 0. The second-order valence-corrected chi connectivity index (χ2v) is 4.94. The van der Waals surface area contributed by atoms with Gasteiger partial charge in [-0.25, -0.2) is 0 Å². The van der Waals surface area contributed by atoms with Crippen molar-refractivity contribution in [1.29, 1.82) is 0 Å². The van der Waals surface area contributed by atoms with Crippen LogP contribution in [0.4, 0.5) is 0 Å². The second-order valence-electron chi connectivity index (χ2n) is 4.94. The molecule has 4 heteroatoms. The van der Waals surface area contributed by atoms with Crippen molar-refractivity contribution in [3.63, 3.8) is 0 Å². The van der Waals surface area contributed by atoms with Gasteiger partial charge in [0.25, 0.3) is 0 Å². The van der Waals surface area contributed by atoms with Crippen LogP contribution in [0.5, 0.6) is 5.75 Å². The average Bonchev–Trinajstić information content (AvgIpc) is 2.36. The molecular formula is C14H21NO3. The monoisotopic (exact) mass is 251 g/mol. The Kier molecular flexibility index (Phi) is 4.19. The number of hydrogen-bond donors (Lipinski definition) is 1. The van der Waals surface area contributed by atoms with Crippen LogP contribution in [0, 0.1) is 19.8 Å². The zero-order valence-electron chi connectivity index (χ0n) is 11.3. The van der Waals surface area contributed by atoms with Gasteiger partial charge in [0, 0.05) is 35.5 Å². The molecular weight excluding hydrogens is 230 g/mol. The van der Waals surface area contributed by atoms with E-state index in [-0.39, 0.29) is 12.0 Å². The molecule has 0 aliphatic carbocycles. The number of ether oxygens (including phenoxy) is 2. The van der Waals surface area contributed by atoms with E-state index in [2.05, 4.69) is 4.98 Å². The molecule has 100 valence electrons. The van der Waals surface area contributed by atoms with E-state index in [0.29, 0.717) is 19.6 Å². The molecule has 0 radical (unpaired) electrons. The largest absolute Gasteiger partial charge is 0.496 e. The SMILES string of the molecule is COc1c(C)cnc(CC2COCCC2O)c1C. The number of nitrogens with zero attached hydrogens (tertiary/aromatic N) is 1. The highest BCUT2D eigenvalue weighted by Crippen LogP contribution is 2.27. The van der Waals surface area contributed by atoms with E-state index >= 15 is 0 Å². The van der Waals surface area contributed by atoms with E-state index in [1.54, 1.807) is 7.11 Å². The highest BCUT2D eigenvalue weighted by atomic mass is 16.5. The summed E-state index contributed by atoms with van der Waals surface area (Å²) in [5.74, 6) is 1.03. The number of aliphatic hydroxyl groups excluding tert-OH is 1. The molecule has 4 nitrogen and oxygen atoms in total. The minimum absolute atomic E-state index is 0.136. The summed E-state index contributed by atoms with van der Waals surface area (Å²) in [7, 11) is 1.68. The van der Waals surface area contributed by atoms with E-state index in [9.17, 15) is 5.11 Å². The molecule has 1 aromatic rings. The Morgan fingerprint density at radius 1 is 1.50 bits per heavy atom. The molecule has 1 fully saturated rings. The van der Waals surface area contributed by atoms with Gasteiger partial charge in [-0.15, -0.1) is 0 Å². The first-order valence-electron chi connectivity index (χ1n) is 6.38. The Balaban J connectivity index is 2.18. The van der Waals surface area contributed by atoms with Crippen LogP contribution in [-0.4, -0.2) is 36.5 Å². The van der Waals surface area contributed by atoms with Crippen LogP contribution in [0.2, 0.25) is 0 Å². The zero-order chi connectivity index (χ0) is 13.1. The van der Waals surface area contributed by atoms with E-state index in [4.69, 9.17) is 9.47 Å². The second kappa shape index (κ2) is 5.67. The molecule has 1 aliphatic heterocycles. The third-order valence-corrected chi connectivity index (χ3v) is 3.64. The highest BCUT2D eigenvalue weighted by Gasteiger charge is 2.25. The quantitative estimate of drug-likeness (QED) is 0.887. The van der Waals surface area contributed by atoms with Gasteiger partial charge < -0.3 is 14.6 Å². The minimum Gasteiger partial charge on any atom is -0.496 e. The minimum atomic E-state index is -0.285. The number of rotatable bonds is 3. The van der Waals surface area contributed by atoms with Gasteiger partial charge in [-0.3, -0.25) is 4.98 Å². The molecule has 1 aromatic heterocycles. The lowest BCUT2D eigenvalue weighted by molar-refractivity contribution is -0.0354. The summed E-state index contributed by atoms with van der Waals surface area (Å²) in [4.78, 5) is 4.47. The van der Waals surface area contributed by atoms with Crippen LogP contribution in [0.3, 0.4) is 0 Å². The maximum absolute atomic E-state index is 9.96. The van der Waals surface area contributed by atoms with Crippen molar-refractivity contribution in [2.75, 3.05) is 20.3 Å². The van der Waals surface area contributed by atoms with E-state index in [0.717, 1.165) is 29.0 Å². The fourth-order valence-corrected chi connectivity index (χ4v) is 2.51. The van der Waals surface area contributed by atoms with Gasteiger partial charge >= 0.3 is 0 Å². The number of aliphatic hydroxyl groups is 1. The molecule has 0 spiro atoms. The zero-order valence-corrected chi connectivity index (χ0v) is 11.3. The predicted octanol–water partition coefficient (Wildman–Crippen LogP) is 1.65.